The van der Waals surface area contributed by atoms with Gasteiger partial charge in [0, 0.05) is 44.4 Å². The highest BCUT2D eigenvalue weighted by atomic mass is 32.1. The summed E-state index contributed by atoms with van der Waals surface area (Å²) in [5.41, 5.74) is 0.874. The first-order valence-electron chi connectivity index (χ1n) is 9.92. The number of piperazine rings is 1. The zero-order chi connectivity index (χ0) is 21.6. The molecule has 0 saturated carbocycles. The van der Waals surface area contributed by atoms with Crippen LogP contribution >= 0.6 is 11.3 Å². The van der Waals surface area contributed by atoms with Crippen LogP contribution in [0.3, 0.4) is 0 Å². The number of hydrogen-bond acceptors (Lipinski definition) is 8. The summed E-state index contributed by atoms with van der Waals surface area (Å²) in [7, 11) is 3.15. The number of anilines is 1. The highest BCUT2D eigenvalue weighted by Crippen LogP contribution is 2.27. The molecule has 1 fully saturated rings. The van der Waals surface area contributed by atoms with Crippen molar-refractivity contribution in [2.24, 2.45) is 0 Å². The molecule has 0 unspecified atom stereocenters. The Balaban J connectivity index is 1.29. The van der Waals surface area contributed by atoms with Gasteiger partial charge in [-0.2, -0.15) is 0 Å². The molecular formula is C22H24N4O4S. The molecule has 8 nitrogen and oxygen atoms in total. The summed E-state index contributed by atoms with van der Waals surface area (Å²) in [6, 6.07) is 13.2. The van der Waals surface area contributed by atoms with Gasteiger partial charge in [-0.1, -0.05) is 6.07 Å². The molecule has 9 heteroatoms. The predicted molar refractivity (Wildman–Crippen MR) is 119 cm³/mol. The lowest BCUT2D eigenvalue weighted by molar-refractivity contribution is -0.133. The average molecular weight is 441 g/mol. The van der Waals surface area contributed by atoms with Crippen molar-refractivity contribution >= 4 is 23.1 Å². The highest BCUT2D eigenvalue weighted by Gasteiger charge is 2.22. The Morgan fingerprint density at radius 2 is 1.68 bits per heavy atom. The Labute approximate surface area is 185 Å². The molecule has 1 aliphatic heterocycles. The fourth-order valence-electron chi connectivity index (χ4n) is 3.34. The van der Waals surface area contributed by atoms with Crippen LogP contribution in [0.1, 0.15) is 0 Å². The Morgan fingerprint density at radius 3 is 2.26 bits per heavy atom. The number of hydrogen-bond donors (Lipinski definition) is 0. The molecule has 3 heterocycles. The minimum Gasteiger partial charge on any atom is -0.496 e. The van der Waals surface area contributed by atoms with Crippen LogP contribution < -0.4 is 19.1 Å². The summed E-state index contributed by atoms with van der Waals surface area (Å²) in [4.78, 5) is 17.6. The maximum Gasteiger partial charge on any atom is 0.260 e. The normalized spacial score (nSPS) is 13.7. The molecule has 1 aliphatic rings. The van der Waals surface area contributed by atoms with Gasteiger partial charge in [0.1, 0.15) is 22.9 Å². The molecule has 2 aromatic heterocycles. The van der Waals surface area contributed by atoms with E-state index in [4.69, 9.17) is 14.2 Å². The molecular weight excluding hydrogens is 416 g/mol. The topological polar surface area (TPSA) is 77.0 Å². The fourth-order valence-corrected chi connectivity index (χ4v) is 4.03. The van der Waals surface area contributed by atoms with Crippen molar-refractivity contribution in [2.75, 3.05) is 51.9 Å². The number of carbonyl (C=O) groups is 1. The van der Waals surface area contributed by atoms with Crippen molar-refractivity contribution in [2.45, 2.75) is 0 Å². The number of aromatic nitrogens is 2. The van der Waals surface area contributed by atoms with Crippen molar-refractivity contribution in [3.05, 3.63) is 47.8 Å². The summed E-state index contributed by atoms with van der Waals surface area (Å²) in [5.74, 6) is 2.53. The first kappa shape index (κ1) is 20.9. The van der Waals surface area contributed by atoms with Crippen molar-refractivity contribution in [1.29, 1.82) is 0 Å². The van der Waals surface area contributed by atoms with Crippen LogP contribution in [-0.4, -0.2) is 68.0 Å². The second-order valence-electron chi connectivity index (χ2n) is 6.96. The maximum absolute atomic E-state index is 12.6. The summed E-state index contributed by atoms with van der Waals surface area (Å²) < 4.78 is 16.1. The van der Waals surface area contributed by atoms with E-state index in [1.165, 1.54) is 0 Å². The zero-order valence-electron chi connectivity index (χ0n) is 17.5. The third-order valence-corrected chi connectivity index (χ3v) is 5.96. The Kier molecular flexibility index (Phi) is 6.51. The van der Waals surface area contributed by atoms with Crippen LogP contribution in [0.25, 0.3) is 10.6 Å². The standard InChI is InChI=1S/C22H24N4O4S/c1-28-16-12-17(29-2)14-18(13-16)30-15-22(27)26-9-7-25(8-10-26)21-6-5-19(23-24-21)20-4-3-11-31-20/h3-6,11-14H,7-10,15H2,1-2H3. The van der Waals surface area contributed by atoms with E-state index in [0.717, 1.165) is 16.4 Å². The molecule has 0 atom stereocenters. The van der Waals surface area contributed by atoms with E-state index in [-0.39, 0.29) is 12.5 Å². The van der Waals surface area contributed by atoms with E-state index in [1.54, 1.807) is 48.7 Å². The minimum atomic E-state index is -0.0550. The minimum absolute atomic E-state index is 0.0361. The first-order valence-corrected chi connectivity index (χ1v) is 10.8. The summed E-state index contributed by atoms with van der Waals surface area (Å²) >= 11 is 1.64. The van der Waals surface area contributed by atoms with Gasteiger partial charge < -0.3 is 24.0 Å². The summed E-state index contributed by atoms with van der Waals surface area (Å²) in [6.45, 7) is 2.58. The number of methoxy groups -OCH3 is 2. The molecule has 0 aliphatic carbocycles. The third kappa shape index (κ3) is 5.05. The number of amides is 1. The van der Waals surface area contributed by atoms with Gasteiger partial charge in [-0.05, 0) is 23.6 Å². The van der Waals surface area contributed by atoms with Crippen LogP contribution in [0.5, 0.6) is 17.2 Å². The number of thiophene rings is 1. The Morgan fingerprint density at radius 1 is 0.968 bits per heavy atom. The van der Waals surface area contributed by atoms with E-state index < -0.39 is 0 Å². The maximum atomic E-state index is 12.6. The predicted octanol–water partition coefficient (Wildman–Crippen LogP) is 2.95. The van der Waals surface area contributed by atoms with Gasteiger partial charge in [-0.25, -0.2) is 0 Å². The molecule has 31 heavy (non-hydrogen) atoms. The number of nitrogens with zero attached hydrogens (tertiary/aromatic N) is 4. The highest BCUT2D eigenvalue weighted by molar-refractivity contribution is 7.13. The molecule has 1 aromatic carbocycles. The van der Waals surface area contributed by atoms with Crippen molar-refractivity contribution in [1.82, 2.24) is 15.1 Å². The lowest BCUT2D eigenvalue weighted by Crippen LogP contribution is -2.50. The van der Waals surface area contributed by atoms with Gasteiger partial charge in [0.05, 0.1) is 19.1 Å². The van der Waals surface area contributed by atoms with Crippen LogP contribution in [0.4, 0.5) is 5.82 Å². The van der Waals surface area contributed by atoms with Crippen LogP contribution in [0, 0.1) is 0 Å². The lowest BCUT2D eigenvalue weighted by atomic mass is 10.3. The molecule has 1 amide bonds. The van der Waals surface area contributed by atoms with E-state index in [2.05, 4.69) is 15.1 Å². The Bertz CT molecular complexity index is 981. The van der Waals surface area contributed by atoms with Crippen LogP contribution in [0.2, 0.25) is 0 Å². The number of carbonyl (C=O) groups excluding carboxylic acids is 1. The van der Waals surface area contributed by atoms with E-state index in [9.17, 15) is 4.79 Å². The molecule has 3 aromatic rings. The molecule has 0 spiro atoms. The molecule has 0 radical (unpaired) electrons. The number of ether oxygens (including phenoxy) is 3. The summed E-state index contributed by atoms with van der Waals surface area (Å²) in [5, 5.41) is 10.7. The lowest BCUT2D eigenvalue weighted by Gasteiger charge is -2.35. The van der Waals surface area contributed by atoms with Crippen molar-refractivity contribution in [3.63, 3.8) is 0 Å². The quantitative estimate of drug-likeness (QED) is 0.559. The second-order valence-corrected chi connectivity index (χ2v) is 7.91. The third-order valence-electron chi connectivity index (χ3n) is 5.07. The number of benzene rings is 1. The largest absolute Gasteiger partial charge is 0.496 e. The van der Waals surface area contributed by atoms with E-state index in [1.807, 2.05) is 29.6 Å². The van der Waals surface area contributed by atoms with Crippen LogP contribution in [0.15, 0.2) is 47.8 Å². The molecule has 162 valence electrons. The SMILES string of the molecule is COc1cc(OC)cc(OCC(=O)N2CCN(c3ccc(-c4cccs4)nn3)CC2)c1. The number of rotatable bonds is 7. The van der Waals surface area contributed by atoms with Crippen LogP contribution in [-0.2, 0) is 4.79 Å². The van der Waals surface area contributed by atoms with Gasteiger partial charge in [-0.3, -0.25) is 4.79 Å². The van der Waals surface area contributed by atoms with E-state index >= 15 is 0 Å². The van der Waals surface area contributed by atoms with Gasteiger partial charge in [0.15, 0.2) is 12.4 Å². The molecule has 1 saturated heterocycles. The first-order chi connectivity index (χ1) is 15.2. The smallest absolute Gasteiger partial charge is 0.260 e. The zero-order valence-corrected chi connectivity index (χ0v) is 18.3. The van der Waals surface area contributed by atoms with Gasteiger partial charge in [0.2, 0.25) is 0 Å². The molecule has 0 N–H and O–H groups in total. The summed E-state index contributed by atoms with van der Waals surface area (Å²) in [6.07, 6.45) is 0. The fraction of sp³-hybridized carbons (Fsp3) is 0.318. The molecule has 4 rings (SSSR count). The van der Waals surface area contributed by atoms with Crippen molar-refractivity contribution in [3.8, 4) is 27.8 Å². The van der Waals surface area contributed by atoms with Gasteiger partial charge >= 0.3 is 0 Å². The molecule has 0 bridgehead atoms. The van der Waals surface area contributed by atoms with Gasteiger partial charge in [0.25, 0.3) is 5.91 Å². The second kappa shape index (κ2) is 9.65. The monoisotopic (exact) mass is 440 g/mol. The van der Waals surface area contributed by atoms with Gasteiger partial charge in [-0.15, -0.1) is 21.5 Å². The van der Waals surface area contributed by atoms with Crippen molar-refractivity contribution < 1.29 is 19.0 Å². The Hall–Kier alpha value is -3.33. The van der Waals surface area contributed by atoms with E-state index in [0.29, 0.717) is 43.4 Å². The average Bonchev–Trinajstić information content (AvgIpc) is 3.37.